The van der Waals surface area contributed by atoms with Gasteiger partial charge in [0.25, 0.3) is 11.4 Å². The van der Waals surface area contributed by atoms with E-state index < -0.39 is 22.0 Å². The Hall–Kier alpha value is -4.20. The molecule has 40 heavy (non-hydrogen) atoms. The van der Waals surface area contributed by atoms with Crippen molar-refractivity contribution >= 4 is 40.4 Å². The average molecular weight is 573 g/mol. The molecule has 2 unspecified atom stereocenters. The number of nitrogens with zero attached hydrogens (tertiary/aromatic N) is 3. The zero-order valence-electron chi connectivity index (χ0n) is 21.6. The maximum atomic E-state index is 13.0. The third-order valence-corrected chi connectivity index (χ3v) is 7.89. The van der Waals surface area contributed by atoms with E-state index in [2.05, 4.69) is 5.32 Å². The van der Waals surface area contributed by atoms with Crippen LogP contribution in [0.2, 0.25) is 0 Å². The lowest BCUT2D eigenvalue weighted by Gasteiger charge is -2.24. The maximum absolute atomic E-state index is 13.0. The van der Waals surface area contributed by atoms with Gasteiger partial charge in [0.05, 0.1) is 9.85 Å². The predicted molar refractivity (Wildman–Crippen MR) is 143 cm³/mol. The van der Waals surface area contributed by atoms with E-state index in [1.54, 1.807) is 4.90 Å². The molecule has 1 saturated heterocycles. The molecule has 0 aromatic heterocycles. The van der Waals surface area contributed by atoms with Crippen LogP contribution in [0.25, 0.3) is 0 Å². The lowest BCUT2D eigenvalue weighted by Crippen LogP contribution is -2.38. The number of benzene rings is 2. The predicted octanol–water partition coefficient (Wildman–Crippen LogP) is 4.42. The molecular formula is C26H28N4O9S. The highest BCUT2D eigenvalue weighted by atomic mass is 32.2. The fourth-order valence-corrected chi connectivity index (χ4v) is 5.81. The monoisotopic (exact) mass is 572 g/mol. The summed E-state index contributed by atoms with van der Waals surface area (Å²) in [5.74, 6) is 0.252. The number of thioether (sulfide) groups is 1. The first-order valence-electron chi connectivity index (χ1n) is 12.6. The molecule has 2 aromatic carbocycles. The molecule has 13 nitrogen and oxygen atoms in total. The molecule has 0 bridgehead atoms. The molecule has 4 atom stereocenters. The van der Waals surface area contributed by atoms with E-state index in [9.17, 15) is 34.6 Å². The summed E-state index contributed by atoms with van der Waals surface area (Å²) in [5.41, 5.74) is 1.13. The Balaban J connectivity index is 1.26. The third-order valence-electron chi connectivity index (χ3n) is 6.88. The highest BCUT2D eigenvalue weighted by Gasteiger charge is 2.50. The molecule has 0 radical (unpaired) electrons. The molecule has 1 heterocycles. The van der Waals surface area contributed by atoms with E-state index in [1.165, 1.54) is 67.2 Å². The Kier molecular flexibility index (Phi) is 9.19. The first-order valence-corrected chi connectivity index (χ1v) is 13.5. The van der Waals surface area contributed by atoms with Crippen LogP contribution in [0, 0.1) is 32.1 Å². The second-order valence-electron chi connectivity index (χ2n) is 9.71. The number of non-ortho nitro benzene ring substituents is 2. The number of rotatable bonds is 10. The van der Waals surface area contributed by atoms with Crippen molar-refractivity contribution in [3.05, 3.63) is 79.9 Å². The minimum absolute atomic E-state index is 0.0289. The molecule has 0 spiro atoms. The average Bonchev–Trinajstić information content (AvgIpc) is 3.59. The Morgan fingerprint density at radius 1 is 0.925 bits per heavy atom. The van der Waals surface area contributed by atoms with Gasteiger partial charge in [-0.3, -0.25) is 25.0 Å². The highest BCUT2D eigenvalue weighted by Crippen LogP contribution is 2.47. The van der Waals surface area contributed by atoms with Crippen molar-refractivity contribution in [2.75, 3.05) is 13.1 Å². The molecule has 4 rings (SSSR count). The zero-order chi connectivity index (χ0) is 28.8. The van der Waals surface area contributed by atoms with Gasteiger partial charge in [-0.25, -0.2) is 9.59 Å². The number of nitro groups is 2. The Bertz CT molecular complexity index is 1270. The summed E-state index contributed by atoms with van der Waals surface area (Å²) in [5, 5.41) is 24.2. The maximum Gasteiger partial charge on any atom is 0.410 e. The van der Waals surface area contributed by atoms with Crippen LogP contribution in [-0.4, -0.2) is 56.4 Å². The fourth-order valence-electron chi connectivity index (χ4n) is 4.81. The third kappa shape index (κ3) is 7.68. The molecule has 212 valence electrons. The number of carbonyl (C=O) groups is 3. The SMILES string of the molecule is CC(=O)S[C@H]1C[C@@H](C2CC2CNC(=O)OCc2ccc([N+](=O)[O-])cc2)N(C(=O)OCc2ccc([N+](=O)[O-])cc2)C1. The smallest absolute Gasteiger partial charge is 0.410 e. The summed E-state index contributed by atoms with van der Waals surface area (Å²) >= 11 is 1.20. The van der Waals surface area contributed by atoms with Crippen LogP contribution in [0.1, 0.15) is 30.9 Å². The number of carbonyl (C=O) groups excluding carboxylic acids is 3. The van der Waals surface area contributed by atoms with Gasteiger partial charge >= 0.3 is 12.2 Å². The van der Waals surface area contributed by atoms with Crippen molar-refractivity contribution in [1.82, 2.24) is 10.2 Å². The number of nitrogens with one attached hydrogen (secondary N) is 1. The lowest BCUT2D eigenvalue weighted by atomic mass is 10.1. The van der Waals surface area contributed by atoms with Crippen molar-refractivity contribution in [3.63, 3.8) is 0 Å². The van der Waals surface area contributed by atoms with Crippen molar-refractivity contribution in [3.8, 4) is 0 Å². The van der Waals surface area contributed by atoms with E-state index in [-0.39, 0.29) is 52.8 Å². The molecule has 1 saturated carbocycles. The first kappa shape index (κ1) is 28.8. The number of hydrogen-bond donors (Lipinski definition) is 1. The molecule has 2 aliphatic rings. The van der Waals surface area contributed by atoms with Gasteiger partial charge in [0.15, 0.2) is 5.12 Å². The van der Waals surface area contributed by atoms with Crippen LogP contribution in [0.5, 0.6) is 0 Å². The molecule has 2 fully saturated rings. The van der Waals surface area contributed by atoms with Gasteiger partial charge in [0, 0.05) is 55.6 Å². The van der Waals surface area contributed by atoms with Gasteiger partial charge in [-0.1, -0.05) is 11.8 Å². The first-order chi connectivity index (χ1) is 19.1. The van der Waals surface area contributed by atoms with Gasteiger partial charge in [-0.15, -0.1) is 0 Å². The van der Waals surface area contributed by atoms with E-state index in [4.69, 9.17) is 9.47 Å². The molecule has 2 aromatic rings. The van der Waals surface area contributed by atoms with Crippen molar-refractivity contribution in [2.24, 2.45) is 11.8 Å². The molecule has 1 N–H and O–H groups in total. The number of hydrogen-bond acceptors (Lipinski definition) is 10. The fraction of sp³-hybridized carbons (Fsp3) is 0.423. The summed E-state index contributed by atoms with van der Waals surface area (Å²) in [6.07, 6.45) is 0.287. The van der Waals surface area contributed by atoms with Crippen molar-refractivity contribution in [2.45, 2.75) is 44.3 Å². The van der Waals surface area contributed by atoms with Crippen LogP contribution in [0.3, 0.4) is 0 Å². The van der Waals surface area contributed by atoms with Gasteiger partial charge in [0.2, 0.25) is 0 Å². The molecular weight excluding hydrogens is 544 g/mol. The van der Waals surface area contributed by atoms with Gasteiger partial charge in [-0.05, 0) is 60.1 Å². The molecule has 2 amide bonds. The summed E-state index contributed by atoms with van der Waals surface area (Å²) < 4.78 is 10.7. The van der Waals surface area contributed by atoms with Gasteiger partial charge in [-0.2, -0.15) is 0 Å². The molecule has 1 aliphatic heterocycles. The van der Waals surface area contributed by atoms with E-state index >= 15 is 0 Å². The van der Waals surface area contributed by atoms with Crippen LogP contribution in [0.4, 0.5) is 21.0 Å². The van der Waals surface area contributed by atoms with Crippen molar-refractivity contribution in [1.29, 1.82) is 0 Å². The lowest BCUT2D eigenvalue weighted by molar-refractivity contribution is -0.385. The van der Waals surface area contributed by atoms with E-state index in [0.717, 1.165) is 6.42 Å². The highest BCUT2D eigenvalue weighted by molar-refractivity contribution is 8.14. The molecule has 14 heteroatoms. The minimum Gasteiger partial charge on any atom is -0.445 e. The number of alkyl carbamates (subject to hydrolysis) is 1. The van der Waals surface area contributed by atoms with Gasteiger partial charge in [0.1, 0.15) is 13.2 Å². The molecule has 1 aliphatic carbocycles. The summed E-state index contributed by atoms with van der Waals surface area (Å²) in [6.45, 7) is 2.14. The Morgan fingerprint density at radius 3 is 2.00 bits per heavy atom. The van der Waals surface area contributed by atoms with Gasteiger partial charge < -0.3 is 19.7 Å². The van der Waals surface area contributed by atoms with E-state index in [0.29, 0.717) is 30.6 Å². The summed E-state index contributed by atoms with van der Waals surface area (Å²) in [4.78, 5) is 59.1. The largest absolute Gasteiger partial charge is 0.445 e. The van der Waals surface area contributed by atoms with Crippen LogP contribution < -0.4 is 5.32 Å². The quantitative estimate of drug-likeness (QED) is 0.317. The summed E-state index contributed by atoms with van der Waals surface area (Å²) in [7, 11) is 0. The van der Waals surface area contributed by atoms with Crippen LogP contribution >= 0.6 is 11.8 Å². The van der Waals surface area contributed by atoms with E-state index in [1.807, 2.05) is 0 Å². The number of amides is 2. The Morgan fingerprint density at radius 2 is 1.48 bits per heavy atom. The normalized spacial score (nSPS) is 21.4. The second kappa shape index (κ2) is 12.8. The second-order valence-corrected chi connectivity index (χ2v) is 11.2. The zero-order valence-corrected chi connectivity index (χ0v) is 22.4. The van der Waals surface area contributed by atoms with Crippen LogP contribution in [-0.2, 0) is 27.5 Å². The topological polar surface area (TPSA) is 171 Å². The van der Waals surface area contributed by atoms with Crippen molar-refractivity contribution < 1.29 is 33.7 Å². The summed E-state index contributed by atoms with van der Waals surface area (Å²) in [6, 6.07) is 11.3. The van der Waals surface area contributed by atoms with Crippen LogP contribution in [0.15, 0.2) is 48.5 Å². The number of likely N-dealkylation sites (tertiary alicyclic amines) is 1. The minimum atomic E-state index is -0.611. The Labute approximate surface area is 233 Å². The number of ether oxygens (including phenoxy) is 2. The number of nitro benzene ring substituents is 2. The standard InChI is InChI=1S/C26H28N4O9S/c1-16(31)40-22-11-24(28(13-22)26(33)39-15-18-4-8-21(9-5-18)30(36)37)23-10-19(23)12-27-25(32)38-14-17-2-6-20(7-3-17)29(34)35/h2-9,19,22-24H,10-15H2,1H3,(H,27,32)/t19?,22-,23?,24-/m0/s1.